The van der Waals surface area contributed by atoms with Crippen LogP contribution in [0.3, 0.4) is 0 Å². The Balaban J connectivity index is 1.87. The molecule has 33 heavy (non-hydrogen) atoms. The number of rotatable bonds is 8. The van der Waals surface area contributed by atoms with Crippen LogP contribution in [0.5, 0.6) is 17.5 Å². The lowest BCUT2D eigenvalue weighted by Gasteiger charge is -2.18. The molecule has 0 saturated carbocycles. The Hall–Kier alpha value is -2.71. The van der Waals surface area contributed by atoms with Gasteiger partial charge in [0, 0.05) is 11.0 Å². The first-order chi connectivity index (χ1) is 15.4. The van der Waals surface area contributed by atoms with Crippen LogP contribution in [0.25, 0.3) is 0 Å². The zero-order valence-corrected chi connectivity index (χ0v) is 19.5. The molecule has 0 aliphatic carbocycles. The highest BCUT2D eigenvalue weighted by Crippen LogP contribution is 2.33. The molecule has 0 fully saturated rings. The molecule has 0 aliphatic heterocycles. The summed E-state index contributed by atoms with van der Waals surface area (Å²) < 4.78 is 90.5. The minimum atomic E-state index is -5.09. The highest BCUT2D eigenvalue weighted by Gasteiger charge is 2.35. The summed E-state index contributed by atoms with van der Waals surface area (Å²) in [6.07, 6.45) is -5.09. The van der Waals surface area contributed by atoms with Gasteiger partial charge in [-0.25, -0.2) is 17.5 Å². The Morgan fingerprint density at radius 2 is 1.82 bits per heavy atom. The third-order valence-corrected chi connectivity index (χ3v) is 6.30. The Morgan fingerprint density at radius 1 is 1.15 bits per heavy atom. The van der Waals surface area contributed by atoms with Crippen molar-refractivity contribution in [2.24, 2.45) is 0 Å². The van der Waals surface area contributed by atoms with E-state index in [-0.39, 0.29) is 28.6 Å². The Bertz CT molecular complexity index is 1230. The third kappa shape index (κ3) is 6.21. The number of hydrogen-bond acceptors (Lipinski definition) is 6. The van der Waals surface area contributed by atoms with Crippen molar-refractivity contribution in [2.45, 2.75) is 37.7 Å². The monoisotopic (exact) mass is 552 g/mol. The molecule has 14 heteroatoms. The van der Waals surface area contributed by atoms with Crippen LogP contribution in [0, 0.1) is 5.82 Å². The maximum atomic E-state index is 13.1. The lowest BCUT2D eigenvalue weighted by molar-refractivity contribution is -0.275. The number of nitrogens with zero attached hydrogens (tertiary/aromatic N) is 3. The zero-order valence-electron chi connectivity index (χ0n) is 17.1. The van der Waals surface area contributed by atoms with Gasteiger partial charge in [0.15, 0.2) is 11.6 Å². The Labute approximate surface area is 194 Å². The fourth-order valence-electron chi connectivity index (χ4n) is 2.86. The normalized spacial score (nSPS) is 13.1. The standard InChI is InChI=1S/C19H17BrF4N4O4S/c1-3-28-17(25-26-18(28)31-14-7-5-13(21)6-8-14)11(2)27-33(29,30)16-9-4-12(20)10-15(16)32-19(22,23)24/h4-11,27H,3H2,1-2H3/t11-/m1/s1. The van der Waals surface area contributed by atoms with Crippen molar-refractivity contribution in [1.29, 1.82) is 0 Å². The van der Waals surface area contributed by atoms with E-state index in [0.29, 0.717) is 0 Å². The largest absolute Gasteiger partial charge is 0.573 e. The van der Waals surface area contributed by atoms with Crippen molar-refractivity contribution in [3.63, 3.8) is 0 Å². The molecule has 1 atom stereocenters. The molecule has 0 bridgehead atoms. The van der Waals surface area contributed by atoms with Crippen LogP contribution in [0.2, 0.25) is 0 Å². The number of ether oxygens (including phenoxy) is 2. The zero-order chi connectivity index (χ0) is 24.4. The van der Waals surface area contributed by atoms with E-state index in [1.54, 1.807) is 6.92 Å². The lowest BCUT2D eigenvalue weighted by atomic mass is 10.3. The van der Waals surface area contributed by atoms with Crippen molar-refractivity contribution in [3.8, 4) is 17.5 Å². The van der Waals surface area contributed by atoms with E-state index in [0.717, 1.165) is 12.1 Å². The molecular formula is C19H17BrF4N4O4S. The molecule has 0 unspecified atom stereocenters. The van der Waals surface area contributed by atoms with Gasteiger partial charge in [-0.1, -0.05) is 21.0 Å². The van der Waals surface area contributed by atoms with Gasteiger partial charge in [0.25, 0.3) is 0 Å². The van der Waals surface area contributed by atoms with E-state index in [9.17, 15) is 26.0 Å². The second kappa shape index (κ2) is 9.65. The molecule has 0 spiro atoms. The smallest absolute Gasteiger partial charge is 0.424 e. The van der Waals surface area contributed by atoms with Gasteiger partial charge in [-0.15, -0.1) is 18.3 Å². The number of halogens is 5. The number of hydrogen-bond donors (Lipinski definition) is 1. The molecule has 2 aromatic carbocycles. The number of alkyl halides is 3. The molecule has 0 saturated heterocycles. The molecule has 1 aromatic heterocycles. The first-order valence-electron chi connectivity index (χ1n) is 9.33. The van der Waals surface area contributed by atoms with E-state index in [2.05, 4.69) is 35.6 Å². The minimum Gasteiger partial charge on any atom is -0.424 e. The SMILES string of the molecule is CCn1c(Oc2ccc(F)cc2)nnc1[C@@H](C)NS(=O)(=O)c1ccc(Br)cc1OC(F)(F)F. The minimum absolute atomic E-state index is 0.0230. The van der Waals surface area contributed by atoms with Gasteiger partial charge in [-0.05, 0) is 56.3 Å². The number of benzene rings is 2. The summed E-state index contributed by atoms with van der Waals surface area (Å²) in [5, 5.41) is 7.83. The first kappa shape index (κ1) is 24.9. The molecule has 1 heterocycles. The summed E-state index contributed by atoms with van der Waals surface area (Å²) in [4.78, 5) is -0.708. The predicted octanol–water partition coefficient (Wildman–Crippen LogP) is 4.93. The van der Waals surface area contributed by atoms with Crippen LogP contribution >= 0.6 is 15.9 Å². The maximum Gasteiger partial charge on any atom is 0.573 e. The van der Waals surface area contributed by atoms with Crippen LogP contribution in [0.4, 0.5) is 17.6 Å². The van der Waals surface area contributed by atoms with E-state index in [1.165, 1.54) is 41.8 Å². The van der Waals surface area contributed by atoms with Gasteiger partial charge in [0.1, 0.15) is 16.5 Å². The summed E-state index contributed by atoms with van der Waals surface area (Å²) >= 11 is 2.99. The van der Waals surface area contributed by atoms with Crippen LogP contribution in [0.1, 0.15) is 25.7 Å². The molecule has 1 N–H and O–H groups in total. The van der Waals surface area contributed by atoms with Crippen LogP contribution in [-0.4, -0.2) is 29.5 Å². The Kier molecular flexibility index (Phi) is 7.29. The first-order valence-corrected chi connectivity index (χ1v) is 11.6. The summed E-state index contributed by atoms with van der Waals surface area (Å²) in [5.41, 5.74) is 0. The molecule has 8 nitrogen and oxygen atoms in total. The lowest BCUT2D eigenvalue weighted by Crippen LogP contribution is -2.30. The molecule has 0 radical (unpaired) electrons. The average Bonchev–Trinajstić information content (AvgIpc) is 3.10. The fraction of sp³-hybridized carbons (Fsp3) is 0.263. The van der Waals surface area contributed by atoms with Gasteiger partial charge < -0.3 is 9.47 Å². The molecule has 0 amide bonds. The molecule has 3 rings (SSSR count). The van der Waals surface area contributed by atoms with Crippen LogP contribution < -0.4 is 14.2 Å². The van der Waals surface area contributed by atoms with Gasteiger partial charge in [0.2, 0.25) is 10.0 Å². The highest BCUT2D eigenvalue weighted by molar-refractivity contribution is 9.10. The van der Waals surface area contributed by atoms with Gasteiger partial charge in [0.05, 0.1) is 6.04 Å². The second-order valence-electron chi connectivity index (χ2n) is 6.62. The summed E-state index contributed by atoms with van der Waals surface area (Å²) in [7, 11) is -4.47. The molecule has 178 valence electrons. The van der Waals surface area contributed by atoms with E-state index < -0.39 is 38.9 Å². The maximum absolute atomic E-state index is 13.1. The predicted molar refractivity (Wildman–Crippen MR) is 112 cm³/mol. The van der Waals surface area contributed by atoms with Gasteiger partial charge in [-0.3, -0.25) is 4.57 Å². The average molecular weight is 553 g/mol. The quantitative estimate of drug-likeness (QED) is 0.398. The van der Waals surface area contributed by atoms with Gasteiger partial charge in [-0.2, -0.15) is 0 Å². The molecule has 3 aromatic rings. The van der Waals surface area contributed by atoms with Crippen LogP contribution in [0.15, 0.2) is 51.8 Å². The van der Waals surface area contributed by atoms with Crippen molar-refractivity contribution in [2.75, 3.05) is 0 Å². The van der Waals surface area contributed by atoms with Crippen LogP contribution in [-0.2, 0) is 16.6 Å². The summed E-state index contributed by atoms with van der Waals surface area (Å²) in [5.74, 6) is -0.922. The Morgan fingerprint density at radius 3 is 2.42 bits per heavy atom. The fourth-order valence-corrected chi connectivity index (χ4v) is 4.51. The molecule has 0 aliphatic rings. The van der Waals surface area contributed by atoms with E-state index in [1.807, 2.05) is 0 Å². The van der Waals surface area contributed by atoms with E-state index in [4.69, 9.17) is 4.74 Å². The number of sulfonamides is 1. The van der Waals surface area contributed by atoms with E-state index >= 15 is 0 Å². The molecular weight excluding hydrogens is 536 g/mol. The second-order valence-corrected chi connectivity index (χ2v) is 9.22. The number of aromatic nitrogens is 3. The van der Waals surface area contributed by atoms with Crippen molar-refractivity contribution in [1.82, 2.24) is 19.5 Å². The number of nitrogens with one attached hydrogen (secondary N) is 1. The highest BCUT2D eigenvalue weighted by atomic mass is 79.9. The van der Waals surface area contributed by atoms with Crippen molar-refractivity contribution in [3.05, 3.63) is 58.6 Å². The van der Waals surface area contributed by atoms with Gasteiger partial charge >= 0.3 is 12.4 Å². The summed E-state index contributed by atoms with van der Waals surface area (Å²) in [6, 6.07) is 7.31. The third-order valence-electron chi connectivity index (χ3n) is 4.22. The topological polar surface area (TPSA) is 95.3 Å². The van der Waals surface area contributed by atoms with Crippen molar-refractivity contribution < 1.29 is 35.5 Å². The van der Waals surface area contributed by atoms with Crippen molar-refractivity contribution >= 4 is 26.0 Å². The summed E-state index contributed by atoms with van der Waals surface area (Å²) in [6.45, 7) is 3.46.